The first-order chi connectivity index (χ1) is 18.8. The molecule has 0 atom stereocenters. The van der Waals surface area contributed by atoms with Crippen LogP contribution in [0.25, 0.3) is 0 Å². The molecule has 1 saturated heterocycles. The minimum Gasteiger partial charge on any atom is -0.383 e. The number of hydrogen-bond donors (Lipinski definition) is 1. The standard InChI is InChI=1S/C28H31FN4O5S/c1-38-20-19-33(39(36,37)24-7-3-2-4-8-24)21-27(34)30-22-11-13-23(14-12-22)31-15-17-32(18-16-31)28(35)25-9-5-6-10-26(25)29/h2-14H,15-21H2,1H3,(H,30,34). The van der Waals surface area contributed by atoms with Crippen LogP contribution in [0, 0.1) is 5.82 Å². The molecule has 11 heteroatoms. The number of hydrogen-bond acceptors (Lipinski definition) is 6. The van der Waals surface area contributed by atoms with Gasteiger partial charge >= 0.3 is 0 Å². The second-order valence-corrected chi connectivity index (χ2v) is 10.9. The fourth-order valence-corrected chi connectivity index (χ4v) is 5.71. The van der Waals surface area contributed by atoms with Gasteiger partial charge in [0, 0.05) is 51.2 Å². The molecule has 0 spiro atoms. The number of carbonyl (C=O) groups excluding carboxylic acids is 2. The van der Waals surface area contributed by atoms with Gasteiger partial charge in [-0.25, -0.2) is 12.8 Å². The lowest BCUT2D eigenvalue weighted by molar-refractivity contribution is -0.116. The largest absolute Gasteiger partial charge is 0.383 e. The Morgan fingerprint density at radius 3 is 2.21 bits per heavy atom. The summed E-state index contributed by atoms with van der Waals surface area (Å²) in [6.07, 6.45) is 0. The van der Waals surface area contributed by atoms with Gasteiger partial charge in [-0.05, 0) is 48.5 Å². The average Bonchev–Trinajstić information content (AvgIpc) is 2.96. The van der Waals surface area contributed by atoms with Crippen LogP contribution in [0.2, 0.25) is 0 Å². The third kappa shape index (κ3) is 6.99. The Bertz CT molecular complexity index is 1380. The fraction of sp³-hybridized carbons (Fsp3) is 0.286. The number of piperazine rings is 1. The molecule has 0 bridgehead atoms. The molecule has 206 valence electrons. The number of ether oxygens (including phenoxy) is 1. The third-order valence-electron chi connectivity index (χ3n) is 6.43. The molecule has 3 aromatic rings. The van der Waals surface area contributed by atoms with E-state index in [9.17, 15) is 22.4 Å². The van der Waals surface area contributed by atoms with Crippen molar-refractivity contribution in [2.24, 2.45) is 0 Å². The fourth-order valence-electron chi connectivity index (χ4n) is 4.31. The van der Waals surface area contributed by atoms with Crippen molar-refractivity contribution < 1.29 is 27.1 Å². The smallest absolute Gasteiger partial charge is 0.256 e. The summed E-state index contributed by atoms with van der Waals surface area (Å²) in [6, 6.07) is 21.1. The Morgan fingerprint density at radius 2 is 1.56 bits per heavy atom. The zero-order valence-corrected chi connectivity index (χ0v) is 22.4. The molecule has 0 saturated carbocycles. The topological polar surface area (TPSA) is 99.3 Å². The maximum Gasteiger partial charge on any atom is 0.256 e. The van der Waals surface area contributed by atoms with Crippen LogP contribution in [0.15, 0.2) is 83.8 Å². The molecule has 0 unspecified atom stereocenters. The van der Waals surface area contributed by atoms with Crippen LogP contribution in [0.3, 0.4) is 0 Å². The summed E-state index contributed by atoms with van der Waals surface area (Å²) in [6.45, 7) is 1.89. The van der Waals surface area contributed by atoms with Gasteiger partial charge in [-0.1, -0.05) is 30.3 Å². The first kappa shape index (κ1) is 28.2. The van der Waals surface area contributed by atoms with E-state index < -0.39 is 21.7 Å². The van der Waals surface area contributed by atoms with Gasteiger partial charge in [0.1, 0.15) is 5.82 Å². The third-order valence-corrected chi connectivity index (χ3v) is 8.29. The van der Waals surface area contributed by atoms with E-state index in [1.807, 2.05) is 12.1 Å². The Kier molecular flexibility index (Phi) is 9.28. The number of rotatable bonds is 10. The number of nitrogens with zero attached hydrogens (tertiary/aromatic N) is 3. The summed E-state index contributed by atoms with van der Waals surface area (Å²) in [5.41, 5.74) is 1.52. The predicted molar refractivity (Wildman–Crippen MR) is 147 cm³/mol. The summed E-state index contributed by atoms with van der Waals surface area (Å²) >= 11 is 0. The van der Waals surface area contributed by atoms with Crippen molar-refractivity contribution in [3.05, 3.63) is 90.2 Å². The molecular formula is C28H31FN4O5S. The SMILES string of the molecule is COCCN(CC(=O)Nc1ccc(N2CCN(C(=O)c3ccccc3F)CC2)cc1)S(=O)(=O)c1ccccc1. The van der Waals surface area contributed by atoms with Crippen LogP contribution in [0.1, 0.15) is 10.4 Å². The van der Waals surface area contributed by atoms with E-state index in [-0.39, 0.29) is 36.1 Å². The summed E-state index contributed by atoms with van der Waals surface area (Å²) in [7, 11) is -2.41. The molecule has 9 nitrogen and oxygen atoms in total. The van der Waals surface area contributed by atoms with E-state index in [0.717, 1.165) is 9.99 Å². The van der Waals surface area contributed by atoms with Crippen LogP contribution >= 0.6 is 0 Å². The highest BCUT2D eigenvalue weighted by molar-refractivity contribution is 7.89. The minimum atomic E-state index is -3.88. The second-order valence-electron chi connectivity index (χ2n) is 9.00. The summed E-state index contributed by atoms with van der Waals surface area (Å²) in [4.78, 5) is 29.3. The van der Waals surface area contributed by atoms with Crippen LogP contribution in [-0.4, -0.2) is 82.4 Å². The van der Waals surface area contributed by atoms with Crippen molar-refractivity contribution >= 4 is 33.2 Å². The molecule has 0 aliphatic carbocycles. The molecule has 0 radical (unpaired) electrons. The average molecular weight is 555 g/mol. The zero-order chi connectivity index (χ0) is 27.8. The number of sulfonamides is 1. The molecule has 4 rings (SSSR count). The van der Waals surface area contributed by atoms with Crippen molar-refractivity contribution in [3.63, 3.8) is 0 Å². The molecule has 0 aromatic heterocycles. The Hall–Kier alpha value is -3.80. The lowest BCUT2D eigenvalue weighted by Crippen LogP contribution is -2.49. The molecule has 2 amide bonds. The molecule has 1 heterocycles. The van der Waals surface area contributed by atoms with Gasteiger partial charge in [-0.2, -0.15) is 4.31 Å². The number of benzene rings is 3. The van der Waals surface area contributed by atoms with Gasteiger partial charge in [-0.3, -0.25) is 9.59 Å². The van der Waals surface area contributed by atoms with Crippen molar-refractivity contribution in [1.82, 2.24) is 9.21 Å². The van der Waals surface area contributed by atoms with Gasteiger partial charge in [0.2, 0.25) is 15.9 Å². The summed E-state index contributed by atoms with van der Waals surface area (Å²) < 4.78 is 46.2. The van der Waals surface area contributed by atoms with Gasteiger partial charge in [0.05, 0.1) is 23.6 Å². The van der Waals surface area contributed by atoms with E-state index in [1.54, 1.807) is 47.4 Å². The molecular weight excluding hydrogens is 523 g/mol. The van der Waals surface area contributed by atoms with Crippen molar-refractivity contribution in [2.75, 3.05) is 63.2 Å². The van der Waals surface area contributed by atoms with Crippen LogP contribution < -0.4 is 10.2 Å². The Labute approximate surface area is 227 Å². The maximum atomic E-state index is 14.0. The Balaban J connectivity index is 1.33. The van der Waals surface area contributed by atoms with Crippen LogP contribution in [0.5, 0.6) is 0 Å². The van der Waals surface area contributed by atoms with E-state index in [4.69, 9.17) is 4.74 Å². The molecule has 3 aromatic carbocycles. The zero-order valence-electron chi connectivity index (χ0n) is 21.6. The van der Waals surface area contributed by atoms with Crippen molar-refractivity contribution in [1.29, 1.82) is 0 Å². The normalized spacial score (nSPS) is 13.9. The molecule has 1 fully saturated rings. The number of anilines is 2. The van der Waals surface area contributed by atoms with E-state index in [1.165, 1.54) is 31.4 Å². The minimum absolute atomic E-state index is 0.0332. The number of methoxy groups -OCH3 is 1. The quantitative estimate of drug-likeness (QED) is 0.414. The summed E-state index contributed by atoms with van der Waals surface area (Å²) in [5.74, 6) is -1.32. The van der Waals surface area contributed by atoms with E-state index in [2.05, 4.69) is 10.2 Å². The highest BCUT2D eigenvalue weighted by atomic mass is 32.2. The van der Waals surface area contributed by atoms with Crippen LogP contribution in [-0.2, 0) is 19.6 Å². The first-order valence-corrected chi connectivity index (χ1v) is 14.0. The molecule has 1 N–H and O–H groups in total. The monoisotopic (exact) mass is 554 g/mol. The van der Waals surface area contributed by atoms with Crippen molar-refractivity contribution in [3.8, 4) is 0 Å². The molecule has 1 aliphatic heterocycles. The lowest BCUT2D eigenvalue weighted by atomic mass is 10.1. The lowest BCUT2D eigenvalue weighted by Gasteiger charge is -2.36. The number of nitrogens with one attached hydrogen (secondary N) is 1. The number of carbonyl (C=O) groups is 2. The number of halogens is 1. The summed E-state index contributed by atoms with van der Waals surface area (Å²) in [5, 5.41) is 2.76. The maximum absolute atomic E-state index is 14.0. The van der Waals surface area contributed by atoms with E-state index >= 15 is 0 Å². The highest BCUT2D eigenvalue weighted by Crippen LogP contribution is 2.21. The molecule has 39 heavy (non-hydrogen) atoms. The predicted octanol–water partition coefficient (Wildman–Crippen LogP) is 3.06. The second kappa shape index (κ2) is 12.8. The Morgan fingerprint density at radius 1 is 0.923 bits per heavy atom. The van der Waals surface area contributed by atoms with Gasteiger partial charge in [-0.15, -0.1) is 0 Å². The highest BCUT2D eigenvalue weighted by Gasteiger charge is 2.27. The van der Waals surface area contributed by atoms with E-state index in [0.29, 0.717) is 31.9 Å². The first-order valence-electron chi connectivity index (χ1n) is 12.5. The van der Waals surface area contributed by atoms with Gasteiger partial charge in [0.15, 0.2) is 0 Å². The van der Waals surface area contributed by atoms with Crippen LogP contribution in [0.4, 0.5) is 15.8 Å². The van der Waals surface area contributed by atoms with Crippen molar-refractivity contribution in [2.45, 2.75) is 4.90 Å². The molecule has 1 aliphatic rings. The van der Waals surface area contributed by atoms with Gasteiger partial charge < -0.3 is 19.9 Å². The number of amides is 2. The van der Waals surface area contributed by atoms with Gasteiger partial charge in [0.25, 0.3) is 5.91 Å².